The highest BCUT2D eigenvalue weighted by molar-refractivity contribution is 5.78. The van der Waals surface area contributed by atoms with E-state index in [1.807, 2.05) is 0 Å². The van der Waals surface area contributed by atoms with Gasteiger partial charge >= 0.3 is 0 Å². The van der Waals surface area contributed by atoms with E-state index in [0.717, 1.165) is 19.3 Å². The third-order valence-corrected chi connectivity index (χ3v) is 14.1. The summed E-state index contributed by atoms with van der Waals surface area (Å²) in [6.07, 6.45) is 52.0. The van der Waals surface area contributed by atoms with Gasteiger partial charge in [-0.1, -0.05) is 133 Å². The van der Waals surface area contributed by atoms with Crippen LogP contribution in [0.25, 0.3) is 11.1 Å². The molecular weight excluding hydrogens is 641 g/mol. The molecule has 0 amide bonds. The standard InChI is InChI=1S/C51H50N2/c1-3-13-34(14-4-1)41-27-23-35-15-7-8-18-40(35)45-33-39(26-28-42(41)45)53-49-22-12-10-20-44(49)47-32-37(25-30-51(47)53)36-24-29-50-46(31-36)43-19-9-11-21-48(43)52(50)38-16-5-2-6-17-38/h1-3,5,7-10,12-13,15-16,18-20,22,24-26,28,30-33,41,43-44,47-51H,4,6,11,14,17,21,23,27,29H2/t41-,43?,44?,47?,48?,49?,50?,51?/m0/s1. The summed E-state index contributed by atoms with van der Waals surface area (Å²) in [6.45, 7) is 0. The molecule has 2 nitrogen and oxygen atoms in total. The summed E-state index contributed by atoms with van der Waals surface area (Å²) >= 11 is 0. The van der Waals surface area contributed by atoms with Crippen LogP contribution in [0.4, 0.5) is 5.69 Å². The largest absolute Gasteiger partial charge is 0.364 e. The van der Waals surface area contributed by atoms with E-state index in [1.165, 1.54) is 77.6 Å². The average molecular weight is 691 g/mol. The molecule has 0 saturated carbocycles. The third-order valence-electron chi connectivity index (χ3n) is 14.1. The Morgan fingerprint density at radius 2 is 1.55 bits per heavy atom. The summed E-state index contributed by atoms with van der Waals surface area (Å²) in [5.41, 5.74) is 14.9. The molecule has 0 spiro atoms. The van der Waals surface area contributed by atoms with Gasteiger partial charge in [0.1, 0.15) is 0 Å². The molecule has 0 aromatic heterocycles. The van der Waals surface area contributed by atoms with Gasteiger partial charge in [-0.2, -0.15) is 0 Å². The number of hydrogen-bond acceptors (Lipinski definition) is 2. The van der Waals surface area contributed by atoms with E-state index in [2.05, 4.69) is 156 Å². The number of hydrogen-bond donors (Lipinski definition) is 0. The fourth-order valence-corrected chi connectivity index (χ4v) is 11.7. The molecule has 8 atom stereocenters. The summed E-state index contributed by atoms with van der Waals surface area (Å²) in [7, 11) is 0. The van der Waals surface area contributed by atoms with E-state index in [0.29, 0.717) is 47.8 Å². The Labute approximate surface area is 316 Å². The predicted octanol–water partition coefficient (Wildman–Crippen LogP) is 11.6. The lowest BCUT2D eigenvalue weighted by Crippen LogP contribution is -2.38. The molecule has 2 heterocycles. The SMILES string of the molecule is C1=CCCC([C@@H]2CCc3ccccc3-c3cc(N4C5C=CC=CC5C5C=C(C6=CCC7C(=C6)C6C=CCCC6N7C6=CC=CCC6)C=CC54)ccc32)=C1. The van der Waals surface area contributed by atoms with E-state index in [4.69, 9.17) is 0 Å². The normalized spacial score (nSPS) is 33.0. The number of anilines is 1. The molecule has 2 heteroatoms. The highest BCUT2D eigenvalue weighted by Crippen LogP contribution is 2.51. The van der Waals surface area contributed by atoms with Crippen LogP contribution in [0.1, 0.15) is 68.4 Å². The second kappa shape index (κ2) is 12.9. The quantitative estimate of drug-likeness (QED) is 0.295. The number of nitrogens with zero attached hydrogens (tertiary/aromatic N) is 2. The molecule has 11 rings (SSSR count). The molecule has 2 aromatic rings. The molecule has 264 valence electrons. The number of rotatable bonds is 4. The molecule has 2 aromatic carbocycles. The molecule has 2 saturated heterocycles. The van der Waals surface area contributed by atoms with Gasteiger partial charge in [0.05, 0.1) is 18.1 Å². The van der Waals surface area contributed by atoms with Crippen molar-refractivity contribution in [3.8, 4) is 11.1 Å². The number of likely N-dealkylation sites (tertiary alicyclic amines) is 1. The fraction of sp³-hybridized carbons (Fsp3) is 0.333. The van der Waals surface area contributed by atoms with Crippen molar-refractivity contribution in [2.24, 2.45) is 17.8 Å². The van der Waals surface area contributed by atoms with Crippen LogP contribution in [0.5, 0.6) is 0 Å². The zero-order valence-corrected chi connectivity index (χ0v) is 30.7. The Hall–Kier alpha value is -4.82. The lowest BCUT2D eigenvalue weighted by atomic mass is 9.78. The van der Waals surface area contributed by atoms with Crippen molar-refractivity contribution in [3.63, 3.8) is 0 Å². The Kier molecular flexibility index (Phi) is 7.74. The highest BCUT2D eigenvalue weighted by Gasteiger charge is 2.48. The van der Waals surface area contributed by atoms with Crippen molar-refractivity contribution in [3.05, 3.63) is 185 Å². The van der Waals surface area contributed by atoms with Gasteiger partial charge < -0.3 is 9.80 Å². The van der Waals surface area contributed by atoms with Gasteiger partial charge in [-0.15, -0.1) is 0 Å². The topological polar surface area (TPSA) is 6.48 Å². The first kappa shape index (κ1) is 31.7. The molecule has 9 aliphatic rings. The van der Waals surface area contributed by atoms with E-state index in [-0.39, 0.29) is 0 Å². The number of allylic oxidation sites excluding steroid dienone is 15. The van der Waals surface area contributed by atoms with Gasteiger partial charge in [-0.05, 0) is 115 Å². The van der Waals surface area contributed by atoms with Crippen LogP contribution in [0.15, 0.2) is 174 Å². The van der Waals surface area contributed by atoms with Crippen LogP contribution < -0.4 is 4.90 Å². The van der Waals surface area contributed by atoms with Gasteiger partial charge in [0.25, 0.3) is 0 Å². The summed E-state index contributed by atoms with van der Waals surface area (Å²) < 4.78 is 0. The van der Waals surface area contributed by atoms with Crippen molar-refractivity contribution in [1.82, 2.24) is 4.90 Å². The maximum atomic E-state index is 2.83. The Morgan fingerprint density at radius 3 is 2.45 bits per heavy atom. The summed E-state index contributed by atoms with van der Waals surface area (Å²) in [6, 6.07) is 18.5. The predicted molar refractivity (Wildman–Crippen MR) is 220 cm³/mol. The average Bonchev–Trinajstić information content (AvgIpc) is 3.68. The number of aryl methyl sites for hydroxylation is 1. The first-order valence-corrected chi connectivity index (χ1v) is 20.6. The molecule has 7 unspecified atom stereocenters. The van der Waals surface area contributed by atoms with Gasteiger partial charge in [-0.25, -0.2) is 0 Å². The molecule has 7 aliphatic carbocycles. The van der Waals surface area contributed by atoms with Crippen molar-refractivity contribution in [2.75, 3.05) is 4.90 Å². The van der Waals surface area contributed by atoms with Crippen molar-refractivity contribution >= 4 is 5.69 Å². The highest BCUT2D eigenvalue weighted by atomic mass is 15.2. The third kappa shape index (κ3) is 5.19. The van der Waals surface area contributed by atoms with E-state index in [1.54, 1.807) is 16.8 Å². The first-order valence-electron chi connectivity index (χ1n) is 20.6. The van der Waals surface area contributed by atoms with Crippen LogP contribution in [0.3, 0.4) is 0 Å². The molecular formula is C51H50N2. The molecule has 0 radical (unpaired) electrons. The second-order valence-corrected chi connectivity index (χ2v) is 16.7. The Balaban J connectivity index is 0.940. The maximum absolute atomic E-state index is 2.83. The molecule has 2 fully saturated rings. The van der Waals surface area contributed by atoms with E-state index in [9.17, 15) is 0 Å². The van der Waals surface area contributed by atoms with Gasteiger partial charge in [0.2, 0.25) is 0 Å². The Bertz CT molecular complexity index is 2190. The lowest BCUT2D eigenvalue weighted by molar-refractivity contribution is 0.223. The maximum Gasteiger partial charge on any atom is 0.0552 e. The van der Waals surface area contributed by atoms with Crippen LogP contribution in [-0.2, 0) is 6.42 Å². The fourth-order valence-electron chi connectivity index (χ4n) is 11.7. The van der Waals surface area contributed by atoms with Crippen LogP contribution in [0.2, 0.25) is 0 Å². The van der Waals surface area contributed by atoms with Crippen LogP contribution in [0, 0.1) is 17.8 Å². The van der Waals surface area contributed by atoms with Crippen molar-refractivity contribution < 1.29 is 0 Å². The zero-order chi connectivity index (χ0) is 34.9. The minimum Gasteiger partial charge on any atom is -0.364 e. The lowest BCUT2D eigenvalue weighted by Gasteiger charge is -2.37. The zero-order valence-electron chi connectivity index (χ0n) is 30.7. The second-order valence-electron chi connectivity index (χ2n) is 16.7. The molecule has 0 bridgehead atoms. The summed E-state index contributed by atoms with van der Waals surface area (Å²) in [4.78, 5) is 5.59. The minimum absolute atomic E-state index is 0.325. The summed E-state index contributed by atoms with van der Waals surface area (Å²) in [5, 5.41) is 0. The molecule has 53 heavy (non-hydrogen) atoms. The van der Waals surface area contributed by atoms with Gasteiger partial charge in [-0.3, -0.25) is 0 Å². The van der Waals surface area contributed by atoms with E-state index >= 15 is 0 Å². The van der Waals surface area contributed by atoms with Gasteiger partial charge in [0, 0.05) is 41.1 Å². The summed E-state index contributed by atoms with van der Waals surface area (Å²) in [5.74, 6) is 1.89. The van der Waals surface area contributed by atoms with Crippen molar-refractivity contribution in [1.29, 1.82) is 0 Å². The van der Waals surface area contributed by atoms with Crippen molar-refractivity contribution in [2.45, 2.75) is 87.9 Å². The minimum atomic E-state index is 0.325. The molecule has 0 N–H and O–H groups in total. The molecule has 2 aliphatic heterocycles. The van der Waals surface area contributed by atoms with Gasteiger partial charge in [0.15, 0.2) is 0 Å². The number of fused-ring (bicyclic) bond motifs is 9. The Morgan fingerprint density at radius 1 is 0.660 bits per heavy atom. The van der Waals surface area contributed by atoms with Crippen LogP contribution in [-0.4, -0.2) is 29.1 Å². The first-order chi connectivity index (χ1) is 26.3. The van der Waals surface area contributed by atoms with E-state index < -0.39 is 0 Å². The van der Waals surface area contributed by atoms with Crippen LogP contribution >= 0.6 is 0 Å². The smallest absolute Gasteiger partial charge is 0.0552 e. The monoisotopic (exact) mass is 690 g/mol. The number of benzene rings is 2.